The van der Waals surface area contributed by atoms with Crippen molar-refractivity contribution in [1.82, 2.24) is 4.57 Å². The van der Waals surface area contributed by atoms with E-state index in [0.29, 0.717) is 36.6 Å². The second-order valence-corrected chi connectivity index (χ2v) is 5.01. The largest absolute Gasteiger partial charge is 0.490 e. The van der Waals surface area contributed by atoms with E-state index in [1.165, 1.54) is 6.08 Å². The molecular weight excluding hydrogens is 284 g/mol. The summed E-state index contributed by atoms with van der Waals surface area (Å²) in [5, 5.41) is 12.0. The highest BCUT2D eigenvalue weighted by molar-refractivity contribution is 5.99. The van der Waals surface area contributed by atoms with Gasteiger partial charge in [0.25, 0.3) is 0 Å². The van der Waals surface area contributed by atoms with Crippen molar-refractivity contribution in [3.05, 3.63) is 53.2 Å². The third-order valence-electron chi connectivity index (χ3n) is 3.58. The van der Waals surface area contributed by atoms with Crippen LogP contribution in [-0.4, -0.2) is 28.8 Å². The average molecular weight is 300 g/mol. The lowest BCUT2D eigenvalue weighted by atomic mass is 10.2. The van der Waals surface area contributed by atoms with Crippen LogP contribution < -0.4 is 4.74 Å². The highest BCUT2D eigenvalue weighted by Crippen LogP contribution is 2.40. The van der Waals surface area contributed by atoms with Crippen LogP contribution in [0, 0.1) is 10.1 Å². The molecule has 0 bridgehead atoms. The van der Waals surface area contributed by atoms with E-state index in [2.05, 4.69) is 13.2 Å². The summed E-state index contributed by atoms with van der Waals surface area (Å²) in [7, 11) is 0. The molecule has 6 nitrogen and oxygen atoms in total. The van der Waals surface area contributed by atoms with Crippen molar-refractivity contribution in [1.29, 1.82) is 0 Å². The SMILES string of the molecule is C=CCn1c(C=C)c([N+](=O)[O-])c2c(OCC3CO3)cccc21. The third-order valence-corrected chi connectivity index (χ3v) is 3.58. The molecule has 1 saturated heterocycles. The molecule has 0 radical (unpaired) electrons. The van der Waals surface area contributed by atoms with E-state index in [0.717, 1.165) is 5.52 Å². The summed E-state index contributed by atoms with van der Waals surface area (Å²) in [6, 6.07) is 5.39. The molecule has 1 aromatic carbocycles. The molecule has 114 valence electrons. The van der Waals surface area contributed by atoms with Crippen molar-refractivity contribution in [2.45, 2.75) is 12.6 Å². The number of rotatable bonds is 7. The number of epoxide rings is 1. The Balaban J connectivity index is 2.21. The summed E-state index contributed by atoms with van der Waals surface area (Å²) in [6.07, 6.45) is 3.28. The summed E-state index contributed by atoms with van der Waals surface area (Å²) in [6.45, 7) is 8.94. The van der Waals surface area contributed by atoms with E-state index in [9.17, 15) is 10.1 Å². The van der Waals surface area contributed by atoms with Crippen LogP contribution >= 0.6 is 0 Å². The molecule has 3 rings (SSSR count). The maximum atomic E-state index is 11.6. The van der Waals surface area contributed by atoms with Gasteiger partial charge in [-0.2, -0.15) is 0 Å². The lowest BCUT2D eigenvalue weighted by Gasteiger charge is -2.06. The molecule has 0 N–H and O–H groups in total. The molecule has 22 heavy (non-hydrogen) atoms. The van der Waals surface area contributed by atoms with E-state index in [1.807, 2.05) is 16.7 Å². The molecular formula is C16H16N2O4. The predicted molar refractivity (Wildman–Crippen MR) is 84.1 cm³/mol. The number of hydrogen-bond donors (Lipinski definition) is 0. The first kappa shape index (κ1) is 14.3. The number of hydrogen-bond acceptors (Lipinski definition) is 4. The first-order valence-corrected chi connectivity index (χ1v) is 6.94. The van der Waals surface area contributed by atoms with Crippen LogP contribution in [0.15, 0.2) is 37.4 Å². The number of ether oxygens (including phenoxy) is 2. The maximum absolute atomic E-state index is 11.6. The Morgan fingerprint density at radius 1 is 1.50 bits per heavy atom. The molecule has 0 aliphatic carbocycles. The maximum Gasteiger partial charge on any atom is 0.305 e. The first-order valence-electron chi connectivity index (χ1n) is 6.94. The Morgan fingerprint density at radius 3 is 2.86 bits per heavy atom. The van der Waals surface area contributed by atoms with Gasteiger partial charge in [0, 0.05) is 6.54 Å². The van der Waals surface area contributed by atoms with E-state index >= 15 is 0 Å². The lowest BCUT2D eigenvalue weighted by molar-refractivity contribution is -0.383. The summed E-state index contributed by atoms with van der Waals surface area (Å²) >= 11 is 0. The van der Waals surface area contributed by atoms with Gasteiger partial charge in [-0.25, -0.2) is 0 Å². The minimum atomic E-state index is -0.389. The Kier molecular flexibility index (Phi) is 3.68. The molecule has 2 heterocycles. The molecule has 2 aromatic rings. The number of aromatic nitrogens is 1. The zero-order chi connectivity index (χ0) is 15.7. The molecule has 6 heteroatoms. The number of nitro groups is 1. The summed E-state index contributed by atoms with van der Waals surface area (Å²) in [5.41, 5.74) is 1.20. The van der Waals surface area contributed by atoms with Crippen molar-refractivity contribution < 1.29 is 14.4 Å². The summed E-state index contributed by atoms with van der Waals surface area (Å²) in [4.78, 5) is 11.2. The summed E-state index contributed by atoms with van der Waals surface area (Å²) in [5.74, 6) is 0.491. The van der Waals surface area contributed by atoms with Crippen LogP contribution in [0.5, 0.6) is 5.75 Å². The number of nitrogens with zero attached hydrogens (tertiary/aromatic N) is 2. The molecule has 1 atom stereocenters. The quantitative estimate of drug-likeness (QED) is 0.341. The highest BCUT2D eigenvalue weighted by Gasteiger charge is 2.28. The Hall–Kier alpha value is -2.60. The Morgan fingerprint density at radius 2 is 2.27 bits per heavy atom. The van der Waals surface area contributed by atoms with E-state index in [-0.39, 0.29) is 16.7 Å². The van der Waals surface area contributed by atoms with E-state index in [1.54, 1.807) is 12.1 Å². The van der Waals surface area contributed by atoms with Crippen LogP contribution in [0.4, 0.5) is 5.69 Å². The van der Waals surface area contributed by atoms with Gasteiger partial charge in [0.1, 0.15) is 29.5 Å². The topological polar surface area (TPSA) is 69.8 Å². The standard InChI is InChI=1S/C16H16N2O4/c1-3-8-17-12(4-2)16(18(19)20)15-13(17)6-5-7-14(15)22-10-11-9-21-11/h3-7,11H,1-2,8-10H2. The molecule has 1 aliphatic rings. The molecule has 0 saturated carbocycles. The van der Waals surface area contributed by atoms with Gasteiger partial charge in [-0.3, -0.25) is 10.1 Å². The van der Waals surface area contributed by atoms with Gasteiger partial charge in [-0.15, -0.1) is 6.58 Å². The van der Waals surface area contributed by atoms with Crippen molar-refractivity contribution in [3.8, 4) is 5.75 Å². The fourth-order valence-electron chi connectivity index (χ4n) is 2.55. The van der Waals surface area contributed by atoms with Crippen molar-refractivity contribution >= 4 is 22.7 Å². The van der Waals surface area contributed by atoms with Crippen molar-refractivity contribution in [3.63, 3.8) is 0 Å². The minimum absolute atomic E-state index is 0.0131. The van der Waals surface area contributed by atoms with Gasteiger partial charge < -0.3 is 14.0 Å². The Bertz CT molecular complexity index is 759. The van der Waals surface area contributed by atoms with Gasteiger partial charge in [0.05, 0.1) is 17.0 Å². The Labute approximate surface area is 127 Å². The van der Waals surface area contributed by atoms with Gasteiger partial charge in [-0.1, -0.05) is 18.7 Å². The van der Waals surface area contributed by atoms with Crippen LogP contribution in [-0.2, 0) is 11.3 Å². The fraction of sp³-hybridized carbons (Fsp3) is 0.250. The van der Waals surface area contributed by atoms with Crippen LogP contribution in [0.2, 0.25) is 0 Å². The number of allylic oxidation sites excluding steroid dienone is 1. The molecule has 0 spiro atoms. The second-order valence-electron chi connectivity index (χ2n) is 5.01. The molecule has 1 aliphatic heterocycles. The van der Waals surface area contributed by atoms with Crippen LogP contribution in [0.1, 0.15) is 5.69 Å². The third kappa shape index (κ3) is 2.37. The molecule has 1 unspecified atom stereocenters. The van der Waals surface area contributed by atoms with Crippen LogP contribution in [0.25, 0.3) is 17.0 Å². The fourth-order valence-corrected chi connectivity index (χ4v) is 2.55. The number of fused-ring (bicyclic) bond motifs is 1. The van der Waals surface area contributed by atoms with Gasteiger partial charge in [0.15, 0.2) is 0 Å². The zero-order valence-corrected chi connectivity index (χ0v) is 12.0. The van der Waals surface area contributed by atoms with E-state index < -0.39 is 0 Å². The second kappa shape index (κ2) is 5.65. The van der Waals surface area contributed by atoms with Gasteiger partial charge in [0.2, 0.25) is 0 Å². The normalized spacial score (nSPS) is 16.5. The van der Waals surface area contributed by atoms with Crippen LogP contribution in [0.3, 0.4) is 0 Å². The molecule has 1 aromatic heterocycles. The highest BCUT2D eigenvalue weighted by atomic mass is 16.6. The molecule has 0 amide bonds. The van der Waals surface area contributed by atoms with Gasteiger partial charge >= 0.3 is 5.69 Å². The van der Waals surface area contributed by atoms with E-state index in [4.69, 9.17) is 9.47 Å². The first-order chi connectivity index (χ1) is 10.7. The number of benzene rings is 1. The summed E-state index contributed by atoms with van der Waals surface area (Å²) < 4.78 is 12.7. The van der Waals surface area contributed by atoms with Crippen molar-refractivity contribution in [2.75, 3.05) is 13.2 Å². The minimum Gasteiger partial charge on any atom is -0.490 e. The predicted octanol–water partition coefficient (Wildman–Crippen LogP) is 3.16. The monoisotopic (exact) mass is 300 g/mol. The lowest BCUT2D eigenvalue weighted by Crippen LogP contribution is -2.04. The van der Waals surface area contributed by atoms with Crippen molar-refractivity contribution in [2.24, 2.45) is 0 Å². The van der Waals surface area contributed by atoms with Gasteiger partial charge in [-0.05, 0) is 18.2 Å². The zero-order valence-electron chi connectivity index (χ0n) is 12.0. The molecule has 1 fully saturated rings. The smallest absolute Gasteiger partial charge is 0.305 e. The average Bonchev–Trinajstić information content (AvgIpc) is 3.27.